The molecular formula is C16H13F2N7O3S2. The highest BCUT2D eigenvalue weighted by molar-refractivity contribution is 7.99. The predicted molar refractivity (Wildman–Crippen MR) is 108 cm³/mol. The van der Waals surface area contributed by atoms with Crippen molar-refractivity contribution >= 4 is 51.5 Å². The van der Waals surface area contributed by atoms with Gasteiger partial charge in [0.2, 0.25) is 11.0 Å². The zero-order valence-corrected chi connectivity index (χ0v) is 16.8. The molecule has 0 aliphatic heterocycles. The first-order valence-electron chi connectivity index (χ1n) is 8.12. The van der Waals surface area contributed by atoms with Gasteiger partial charge in [-0.05, 0) is 25.1 Å². The van der Waals surface area contributed by atoms with Gasteiger partial charge >= 0.3 is 0 Å². The van der Waals surface area contributed by atoms with Crippen molar-refractivity contribution in [3.63, 3.8) is 0 Å². The molecule has 0 spiro atoms. The molecule has 0 unspecified atom stereocenters. The van der Waals surface area contributed by atoms with Crippen LogP contribution in [0, 0.1) is 18.6 Å². The number of aromatic amines is 1. The summed E-state index contributed by atoms with van der Waals surface area (Å²) in [7, 11) is 0. The van der Waals surface area contributed by atoms with E-state index in [1.807, 2.05) is 0 Å². The first-order valence-corrected chi connectivity index (χ1v) is 9.92. The number of H-pyrrole nitrogens is 1. The quantitative estimate of drug-likeness (QED) is 0.325. The van der Waals surface area contributed by atoms with Gasteiger partial charge < -0.3 is 11.1 Å². The van der Waals surface area contributed by atoms with Crippen LogP contribution in [0.4, 0.5) is 25.4 Å². The second-order valence-corrected chi connectivity index (χ2v) is 7.82. The van der Waals surface area contributed by atoms with Crippen LogP contribution in [0.25, 0.3) is 0 Å². The smallest absolute Gasteiger partial charge is 0.277 e. The molecule has 3 rings (SSSR count). The Labute approximate surface area is 175 Å². The molecule has 1 aromatic carbocycles. The van der Waals surface area contributed by atoms with E-state index < -0.39 is 29.0 Å². The van der Waals surface area contributed by atoms with Gasteiger partial charge in [0.05, 0.1) is 5.75 Å². The number of thioether (sulfide) groups is 1. The number of anilines is 3. The van der Waals surface area contributed by atoms with Crippen LogP contribution in [-0.2, 0) is 4.79 Å². The SMILES string of the molecule is Cc1nnc(NC(=O)CSc2nc(N)c(NC(=O)c3ccc(F)c(F)c3)c(=O)[nH]2)s1. The molecule has 0 saturated carbocycles. The third kappa shape index (κ3) is 5.15. The van der Waals surface area contributed by atoms with E-state index in [1.165, 1.54) is 11.3 Å². The van der Waals surface area contributed by atoms with Crippen LogP contribution in [0.2, 0.25) is 0 Å². The number of nitrogens with one attached hydrogen (secondary N) is 3. The van der Waals surface area contributed by atoms with E-state index in [1.54, 1.807) is 6.92 Å². The van der Waals surface area contributed by atoms with Gasteiger partial charge in [-0.15, -0.1) is 10.2 Å². The molecule has 2 aromatic heterocycles. The summed E-state index contributed by atoms with van der Waals surface area (Å²) in [6.07, 6.45) is 0. The highest BCUT2D eigenvalue weighted by Crippen LogP contribution is 2.19. The molecule has 5 N–H and O–H groups in total. The summed E-state index contributed by atoms with van der Waals surface area (Å²) in [6, 6.07) is 2.52. The molecular weight excluding hydrogens is 440 g/mol. The number of hydrogen-bond acceptors (Lipinski definition) is 9. The number of benzene rings is 1. The van der Waals surface area contributed by atoms with Crippen LogP contribution in [-0.4, -0.2) is 37.7 Å². The van der Waals surface area contributed by atoms with Crippen LogP contribution in [0.15, 0.2) is 28.2 Å². The van der Waals surface area contributed by atoms with Gasteiger partial charge in [0.1, 0.15) is 10.7 Å². The largest absolute Gasteiger partial charge is 0.382 e. The lowest BCUT2D eigenvalue weighted by Crippen LogP contribution is -2.23. The number of nitrogen functional groups attached to an aromatic ring is 1. The van der Waals surface area contributed by atoms with Gasteiger partial charge in [-0.3, -0.25) is 24.7 Å². The van der Waals surface area contributed by atoms with Crippen molar-refractivity contribution in [1.29, 1.82) is 0 Å². The summed E-state index contributed by atoms with van der Waals surface area (Å²) < 4.78 is 26.3. The number of aromatic nitrogens is 4. The molecule has 2 amide bonds. The number of aryl methyl sites for hydroxylation is 1. The van der Waals surface area contributed by atoms with Gasteiger partial charge in [-0.25, -0.2) is 13.8 Å². The minimum Gasteiger partial charge on any atom is -0.382 e. The summed E-state index contributed by atoms with van der Waals surface area (Å²) in [5.74, 6) is -4.00. The lowest BCUT2D eigenvalue weighted by Gasteiger charge is -2.08. The molecule has 0 bridgehead atoms. The Bertz CT molecular complexity index is 1180. The van der Waals surface area contributed by atoms with Crippen LogP contribution in [0.3, 0.4) is 0 Å². The number of hydrogen-bond donors (Lipinski definition) is 4. The summed E-state index contributed by atoms with van der Waals surface area (Å²) >= 11 is 2.11. The number of nitrogens with two attached hydrogens (primary N) is 1. The molecule has 0 saturated heterocycles. The van der Waals surface area contributed by atoms with Crippen LogP contribution in [0.5, 0.6) is 0 Å². The van der Waals surface area contributed by atoms with Gasteiger partial charge in [0, 0.05) is 5.56 Å². The first kappa shape index (κ1) is 21.3. The zero-order valence-electron chi connectivity index (χ0n) is 15.2. The topological polar surface area (TPSA) is 156 Å². The van der Waals surface area contributed by atoms with E-state index in [2.05, 4.69) is 30.8 Å². The van der Waals surface area contributed by atoms with Crippen molar-refractivity contribution in [3.05, 3.63) is 50.8 Å². The van der Waals surface area contributed by atoms with Gasteiger partial charge in [-0.1, -0.05) is 23.1 Å². The zero-order chi connectivity index (χ0) is 21.8. The van der Waals surface area contributed by atoms with E-state index in [0.29, 0.717) is 16.2 Å². The van der Waals surface area contributed by atoms with Crippen LogP contribution >= 0.6 is 23.1 Å². The Morgan fingerprint density at radius 2 is 2.00 bits per heavy atom. The van der Waals surface area contributed by atoms with Gasteiger partial charge in [0.25, 0.3) is 11.5 Å². The van der Waals surface area contributed by atoms with Crippen molar-refractivity contribution in [2.75, 3.05) is 22.1 Å². The Hall–Kier alpha value is -3.39. The number of amides is 2. The maximum atomic E-state index is 13.3. The van der Waals surface area contributed by atoms with E-state index in [9.17, 15) is 23.2 Å². The number of carbonyl (C=O) groups excluding carboxylic acids is 2. The molecule has 3 aromatic rings. The van der Waals surface area contributed by atoms with Gasteiger partial charge in [0.15, 0.2) is 22.6 Å². The lowest BCUT2D eigenvalue weighted by atomic mass is 10.2. The summed E-state index contributed by atoms with van der Waals surface area (Å²) in [5.41, 5.74) is 4.38. The summed E-state index contributed by atoms with van der Waals surface area (Å²) in [4.78, 5) is 42.6. The lowest BCUT2D eigenvalue weighted by molar-refractivity contribution is -0.113. The minimum absolute atomic E-state index is 0.0481. The Morgan fingerprint density at radius 3 is 2.63 bits per heavy atom. The van der Waals surface area contributed by atoms with E-state index in [0.717, 1.165) is 23.9 Å². The monoisotopic (exact) mass is 453 g/mol. The Balaban J connectivity index is 1.66. The summed E-state index contributed by atoms with van der Waals surface area (Å²) in [6.45, 7) is 1.74. The molecule has 0 aliphatic rings. The normalized spacial score (nSPS) is 10.6. The number of rotatable bonds is 6. The molecule has 14 heteroatoms. The predicted octanol–water partition coefficient (Wildman–Crippen LogP) is 1.77. The van der Waals surface area contributed by atoms with Crippen molar-refractivity contribution in [3.8, 4) is 0 Å². The van der Waals surface area contributed by atoms with Crippen LogP contribution < -0.4 is 21.9 Å². The van der Waals surface area contributed by atoms with Crippen molar-refractivity contribution < 1.29 is 18.4 Å². The van der Waals surface area contributed by atoms with Crippen LogP contribution in [0.1, 0.15) is 15.4 Å². The van der Waals surface area contributed by atoms with Crippen molar-refractivity contribution in [2.45, 2.75) is 12.1 Å². The highest BCUT2D eigenvalue weighted by Gasteiger charge is 2.16. The average molecular weight is 453 g/mol. The molecule has 156 valence electrons. The molecule has 0 radical (unpaired) electrons. The maximum Gasteiger partial charge on any atom is 0.277 e. The highest BCUT2D eigenvalue weighted by atomic mass is 32.2. The van der Waals surface area contributed by atoms with E-state index in [4.69, 9.17) is 5.73 Å². The third-order valence-electron chi connectivity index (χ3n) is 3.46. The second-order valence-electron chi connectivity index (χ2n) is 5.68. The minimum atomic E-state index is -1.21. The fourth-order valence-electron chi connectivity index (χ4n) is 2.12. The number of carbonyl (C=O) groups is 2. The van der Waals surface area contributed by atoms with Crippen molar-refractivity contribution in [1.82, 2.24) is 20.2 Å². The van der Waals surface area contributed by atoms with Gasteiger partial charge in [-0.2, -0.15) is 0 Å². The number of halogens is 2. The molecule has 10 nitrogen and oxygen atoms in total. The average Bonchev–Trinajstić information content (AvgIpc) is 3.09. The first-order chi connectivity index (χ1) is 14.2. The molecule has 0 fully saturated rings. The third-order valence-corrected chi connectivity index (χ3v) is 5.09. The Kier molecular flexibility index (Phi) is 6.37. The maximum absolute atomic E-state index is 13.3. The van der Waals surface area contributed by atoms with E-state index >= 15 is 0 Å². The Morgan fingerprint density at radius 1 is 1.23 bits per heavy atom. The molecule has 0 atom stereocenters. The molecule has 2 heterocycles. The molecule has 30 heavy (non-hydrogen) atoms. The molecule has 0 aliphatic carbocycles. The standard InChI is InChI=1S/C16H13F2N7O3S2/c1-6-24-25-16(30-6)20-10(26)5-29-15-22-12(19)11(14(28)23-15)21-13(27)7-2-3-8(17)9(18)4-7/h2-4H,5H2,1H3,(H,21,27)(H,20,25,26)(H3,19,22,23,28). The van der Waals surface area contributed by atoms with E-state index in [-0.39, 0.29) is 28.0 Å². The fourth-order valence-corrected chi connectivity index (χ4v) is 3.39. The second kappa shape index (κ2) is 8.96. The number of nitrogens with zero attached hydrogens (tertiary/aromatic N) is 3. The van der Waals surface area contributed by atoms with Crippen molar-refractivity contribution in [2.24, 2.45) is 0 Å². The summed E-state index contributed by atoms with van der Waals surface area (Å²) in [5, 5.41) is 13.4. The fraction of sp³-hybridized carbons (Fsp3) is 0.125.